The summed E-state index contributed by atoms with van der Waals surface area (Å²) in [6.07, 6.45) is 3.06. The lowest BCUT2D eigenvalue weighted by molar-refractivity contribution is -0.0391. The van der Waals surface area contributed by atoms with Gasteiger partial charge in [-0.15, -0.1) is 0 Å². The van der Waals surface area contributed by atoms with Gasteiger partial charge in [-0.05, 0) is 24.3 Å². The number of halogens is 2. The zero-order chi connectivity index (χ0) is 21.1. The van der Waals surface area contributed by atoms with Crippen molar-refractivity contribution in [3.63, 3.8) is 0 Å². The van der Waals surface area contributed by atoms with Gasteiger partial charge >= 0.3 is 5.92 Å². The molecule has 1 aliphatic heterocycles. The van der Waals surface area contributed by atoms with Gasteiger partial charge in [0.25, 0.3) is 11.8 Å². The number of amides is 1. The Bertz CT molecular complexity index is 1020. The zero-order valence-electron chi connectivity index (χ0n) is 16.5. The van der Waals surface area contributed by atoms with Gasteiger partial charge in [-0.3, -0.25) is 9.78 Å². The van der Waals surface area contributed by atoms with Crippen molar-refractivity contribution in [1.29, 1.82) is 0 Å². The number of benzene rings is 1. The number of carbonyl (C=O) groups excluding carboxylic acids is 1. The molecule has 1 aromatic carbocycles. The summed E-state index contributed by atoms with van der Waals surface area (Å²) >= 11 is 0. The Morgan fingerprint density at radius 3 is 2.57 bits per heavy atom. The Kier molecular flexibility index (Phi) is 5.43. The van der Waals surface area contributed by atoms with Crippen molar-refractivity contribution < 1.29 is 18.1 Å². The quantitative estimate of drug-likeness (QED) is 0.636. The summed E-state index contributed by atoms with van der Waals surface area (Å²) in [5, 5.41) is 3.65. The van der Waals surface area contributed by atoms with Crippen molar-refractivity contribution in [2.45, 2.75) is 19.3 Å². The summed E-state index contributed by atoms with van der Waals surface area (Å²) in [5.74, 6) is -3.97. The minimum absolute atomic E-state index is 0.0373. The second kappa shape index (κ2) is 8.17. The first-order valence-corrected chi connectivity index (χ1v) is 9.74. The molecule has 0 N–H and O–H groups in total. The van der Waals surface area contributed by atoms with Gasteiger partial charge in [-0.2, -0.15) is 13.8 Å². The fourth-order valence-electron chi connectivity index (χ4n) is 3.34. The Labute approximate surface area is 172 Å². The van der Waals surface area contributed by atoms with E-state index in [-0.39, 0.29) is 11.7 Å². The van der Waals surface area contributed by atoms with Crippen molar-refractivity contribution in [3.05, 3.63) is 60.2 Å². The molecule has 1 amide bonds. The second-order valence-corrected chi connectivity index (χ2v) is 7.05. The van der Waals surface area contributed by atoms with Gasteiger partial charge in [0.15, 0.2) is 0 Å². The van der Waals surface area contributed by atoms with Crippen LogP contribution in [-0.4, -0.2) is 52.1 Å². The number of carbonyl (C=O) groups is 1. The van der Waals surface area contributed by atoms with Gasteiger partial charge in [0, 0.05) is 61.8 Å². The van der Waals surface area contributed by atoms with Crippen LogP contribution in [0.2, 0.25) is 0 Å². The van der Waals surface area contributed by atoms with Crippen molar-refractivity contribution in [2.75, 3.05) is 31.1 Å². The van der Waals surface area contributed by atoms with Crippen LogP contribution in [0.4, 0.5) is 14.5 Å². The summed E-state index contributed by atoms with van der Waals surface area (Å²) < 4.78 is 32.2. The molecule has 30 heavy (non-hydrogen) atoms. The van der Waals surface area contributed by atoms with E-state index in [4.69, 9.17) is 4.52 Å². The second-order valence-electron chi connectivity index (χ2n) is 7.05. The number of nitrogens with zero attached hydrogens (tertiary/aromatic N) is 5. The smallest absolute Gasteiger partial charge is 0.324 e. The molecule has 3 aromatic rings. The third-order valence-electron chi connectivity index (χ3n) is 5.15. The lowest BCUT2D eigenvalue weighted by Gasteiger charge is -2.36. The molecule has 4 rings (SSSR count). The zero-order valence-corrected chi connectivity index (χ0v) is 16.5. The molecule has 0 atom stereocenters. The van der Waals surface area contributed by atoms with Gasteiger partial charge in [0.1, 0.15) is 0 Å². The van der Waals surface area contributed by atoms with E-state index in [0.29, 0.717) is 24.2 Å². The summed E-state index contributed by atoms with van der Waals surface area (Å²) in [6.45, 7) is 3.95. The maximum absolute atomic E-state index is 13.8. The lowest BCUT2D eigenvalue weighted by atomic mass is 10.1. The molecule has 9 heteroatoms. The maximum Gasteiger partial charge on any atom is 0.324 e. The highest BCUT2D eigenvalue weighted by Gasteiger charge is 2.36. The van der Waals surface area contributed by atoms with E-state index in [1.165, 1.54) is 6.92 Å². The fraction of sp³-hybridized carbons (Fsp3) is 0.333. The third kappa shape index (κ3) is 4.00. The molecule has 0 unspecified atom stereocenters. The molecule has 1 fully saturated rings. The van der Waals surface area contributed by atoms with Gasteiger partial charge in [-0.25, -0.2) is 0 Å². The van der Waals surface area contributed by atoms with E-state index in [0.717, 1.165) is 18.8 Å². The van der Waals surface area contributed by atoms with Crippen LogP contribution in [0.3, 0.4) is 0 Å². The van der Waals surface area contributed by atoms with Crippen molar-refractivity contribution in [3.8, 4) is 11.4 Å². The molecule has 0 bridgehead atoms. The van der Waals surface area contributed by atoms with Gasteiger partial charge in [0.2, 0.25) is 5.82 Å². The SMILES string of the molecule is CCC(F)(F)c1nc(-c2cccc(C(=O)N3CCN(c4ccncc4)CC3)c2)no1. The van der Waals surface area contributed by atoms with Crippen LogP contribution in [0.5, 0.6) is 0 Å². The molecule has 0 spiro atoms. The number of pyridine rings is 1. The first-order valence-electron chi connectivity index (χ1n) is 9.74. The van der Waals surface area contributed by atoms with E-state index in [9.17, 15) is 13.6 Å². The van der Waals surface area contributed by atoms with Gasteiger partial charge in [0.05, 0.1) is 0 Å². The molecular formula is C21H21F2N5O2. The van der Waals surface area contributed by atoms with Crippen LogP contribution in [0.15, 0.2) is 53.3 Å². The van der Waals surface area contributed by atoms with Crippen molar-refractivity contribution >= 4 is 11.6 Å². The van der Waals surface area contributed by atoms with Gasteiger partial charge < -0.3 is 14.3 Å². The van der Waals surface area contributed by atoms with Crippen LogP contribution in [0.1, 0.15) is 29.6 Å². The molecule has 0 radical (unpaired) electrons. The molecule has 1 aliphatic rings. The highest BCUT2D eigenvalue weighted by atomic mass is 19.3. The minimum Gasteiger partial charge on any atom is -0.368 e. The molecule has 156 valence electrons. The van der Waals surface area contributed by atoms with Crippen molar-refractivity contribution in [2.24, 2.45) is 0 Å². The lowest BCUT2D eigenvalue weighted by Crippen LogP contribution is -2.48. The average molecular weight is 413 g/mol. The van der Waals surface area contributed by atoms with Crippen LogP contribution >= 0.6 is 0 Å². The average Bonchev–Trinajstić information content (AvgIpc) is 3.31. The molecule has 0 aliphatic carbocycles. The fourth-order valence-corrected chi connectivity index (χ4v) is 3.34. The highest BCUT2D eigenvalue weighted by Crippen LogP contribution is 2.31. The van der Waals surface area contributed by atoms with E-state index in [2.05, 4.69) is 20.0 Å². The van der Waals surface area contributed by atoms with Crippen LogP contribution in [0.25, 0.3) is 11.4 Å². The first kappa shape index (κ1) is 19.9. The Morgan fingerprint density at radius 2 is 1.87 bits per heavy atom. The number of aromatic nitrogens is 3. The normalized spacial score (nSPS) is 14.8. The summed E-state index contributed by atoms with van der Waals surface area (Å²) in [7, 11) is 0. The predicted molar refractivity (Wildman–Crippen MR) is 106 cm³/mol. The number of hydrogen-bond donors (Lipinski definition) is 0. The van der Waals surface area contributed by atoms with Gasteiger partial charge in [-0.1, -0.05) is 24.2 Å². The topological polar surface area (TPSA) is 75.4 Å². The molecule has 0 saturated carbocycles. The number of hydrogen-bond acceptors (Lipinski definition) is 6. The highest BCUT2D eigenvalue weighted by molar-refractivity contribution is 5.95. The molecule has 1 saturated heterocycles. The summed E-state index contributed by atoms with van der Waals surface area (Å²) in [5.41, 5.74) is 1.99. The van der Waals surface area contributed by atoms with Crippen LogP contribution < -0.4 is 4.90 Å². The van der Waals surface area contributed by atoms with E-state index >= 15 is 0 Å². The number of anilines is 1. The Morgan fingerprint density at radius 1 is 1.13 bits per heavy atom. The van der Waals surface area contributed by atoms with E-state index in [1.54, 1.807) is 41.6 Å². The molecular weight excluding hydrogens is 392 g/mol. The maximum atomic E-state index is 13.8. The third-order valence-corrected chi connectivity index (χ3v) is 5.15. The summed E-state index contributed by atoms with van der Waals surface area (Å²) in [4.78, 5) is 24.8. The molecule has 2 aromatic heterocycles. The molecule has 7 nitrogen and oxygen atoms in total. The Hall–Kier alpha value is -3.36. The van der Waals surface area contributed by atoms with Crippen LogP contribution in [-0.2, 0) is 5.92 Å². The van der Waals surface area contributed by atoms with Crippen LogP contribution in [0, 0.1) is 0 Å². The monoisotopic (exact) mass is 413 g/mol. The largest absolute Gasteiger partial charge is 0.368 e. The van der Waals surface area contributed by atoms with E-state index < -0.39 is 18.2 Å². The summed E-state index contributed by atoms with van der Waals surface area (Å²) in [6, 6.07) is 10.5. The van der Waals surface area contributed by atoms with Crippen molar-refractivity contribution in [1.82, 2.24) is 20.0 Å². The number of rotatable bonds is 5. The minimum atomic E-state index is -3.17. The number of alkyl halides is 2. The predicted octanol–water partition coefficient (Wildman–Crippen LogP) is 3.60. The van der Waals surface area contributed by atoms with E-state index in [1.807, 2.05) is 12.1 Å². The number of piperazine rings is 1. The standard InChI is InChI=1S/C21H21F2N5O2/c1-2-21(22,23)20-25-18(26-30-20)15-4-3-5-16(14-15)19(29)28-12-10-27(11-13-28)17-6-8-24-9-7-17/h3-9,14H,2,10-13H2,1H3. The Balaban J connectivity index is 1.46. The first-order chi connectivity index (χ1) is 14.5. The molecule has 3 heterocycles.